The zero-order valence-electron chi connectivity index (χ0n) is 18.7. The van der Waals surface area contributed by atoms with E-state index in [-0.39, 0.29) is 23.8 Å². The van der Waals surface area contributed by atoms with Crippen LogP contribution in [-0.2, 0) is 11.3 Å². The molecule has 1 saturated heterocycles. The quantitative estimate of drug-likeness (QED) is 0.490. The van der Waals surface area contributed by atoms with Gasteiger partial charge in [0.25, 0.3) is 5.56 Å². The Balaban J connectivity index is 1.28. The predicted octanol–water partition coefficient (Wildman–Crippen LogP) is 2.74. The summed E-state index contributed by atoms with van der Waals surface area (Å²) in [5.74, 6) is -0.0796. The molecule has 0 unspecified atom stereocenters. The van der Waals surface area contributed by atoms with E-state index < -0.39 is 0 Å². The van der Waals surface area contributed by atoms with Crippen molar-refractivity contribution in [2.24, 2.45) is 0 Å². The third-order valence-electron chi connectivity index (χ3n) is 6.33. The monoisotopic (exact) mass is 443 g/mol. The van der Waals surface area contributed by atoms with Gasteiger partial charge in [-0.3, -0.25) is 14.4 Å². The number of carbonyl (C=O) groups is 2. The molecule has 33 heavy (non-hydrogen) atoms. The number of H-pyrrole nitrogens is 1. The van der Waals surface area contributed by atoms with E-state index in [0.717, 1.165) is 27.5 Å². The van der Waals surface area contributed by atoms with E-state index in [9.17, 15) is 14.4 Å². The maximum Gasteiger partial charge on any atom is 0.291 e. The molecule has 1 fully saturated rings. The minimum Gasteiger partial charge on any atom is -0.368 e. The molecule has 0 bridgehead atoms. The second-order valence-corrected chi connectivity index (χ2v) is 8.54. The summed E-state index contributed by atoms with van der Waals surface area (Å²) in [4.78, 5) is 44.5. The number of Topliss-reactive ketones (excluding diaryl/α,β-unsaturated/α-hetero) is 1. The van der Waals surface area contributed by atoms with Crippen molar-refractivity contribution in [3.05, 3.63) is 70.1 Å². The Morgan fingerprint density at radius 3 is 2.42 bits per heavy atom. The summed E-state index contributed by atoms with van der Waals surface area (Å²) >= 11 is 0. The van der Waals surface area contributed by atoms with Crippen molar-refractivity contribution >= 4 is 39.2 Å². The Kier molecular flexibility index (Phi) is 5.20. The van der Waals surface area contributed by atoms with Gasteiger partial charge in [0.15, 0.2) is 5.78 Å². The van der Waals surface area contributed by atoms with Gasteiger partial charge >= 0.3 is 0 Å². The number of aromatic nitrogens is 3. The van der Waals surface area contributed by atoms with E-state index in [2.05, 4.69) is 15.0 Å². The molecule has 3 heterocycles. The maximum atomic E-state index is 13.0. The fraction of sp³-hybridized carbons (Fsp3) is 0.280. The number of fused-ring (bicyclic) bond motifs is 3. The molecule has 0 saturated carbocycles. The zero-order chi connectivity index (χ0) is 23.1. The van der Waals surface area contributed by atoms with Crippen molar-refractivity contribution in [3.8, 4) is 0 Å². The van der Waals surface area contributed by atoms with E-state index in [4.69, 9.17) is 0 Å². The summed E-state index contributed by atoms with van der Waals surface area (Å²) in [6.45, 7) is 5.98. The standard InChI is InChI=1S/C25H25N5O3/c1-16-3-8-22-20(13-16)21-14-26-30(25(33)24(21)27-22)15-23(32)29-11-9-28(10-12-29)19-6-4-18(5-7-19)17(2)31/h3-8,13-14,27H,9-12,15H2,1-2H3. The van der Waals surface area contributed by atoms with Crippen LogP contribution in [-0.4, -0.2) is 57.5 Å². The number of anilines is 1. The number of rotatable bonds is 4. The molecule has 8 heteroatoms. The van der Waals surface area contributed by atoms with E-state index in [1.165, 1.54) is 4.68 Å². The number of ketones is 1. The van der Waals surface area contributed by atoms with Gasteiger partial charge in [-0.2, -0.15) is 5.10 Å². The van der Waals surface area contributed by atoms with Crippen molar-refractivity contribution in [1.29, 1.82) is 0 Å². The van der Waals surface area contributed by atoms with Crippen LogP contribution in [0.3, 0.4) is 0 Å². The Bertz CT molecular complexity index is 1430. The van der Waals surface area contributed by atoms with Gasteiger partial charge in [0.05, 0.1) is 6.20 Å². The Labute approximate surface area is 190 Å². The molecule has 0 radical (unpaired) electrons. The first-order valence-corrected chi connectivity index (χ1v) is 11.0. The van der Waals surface area contributed by atoms with E-state index in [0.29, 0.717) is 37.3 Å². The van der Waals surface area contributed by atoms with Gasteiger partial charge in [0.1, 0.15) is 12.1 Å². The van der Waals surface area contributed by atoms with Crippen LogP contribution in [0, 0.1) is 6.92 Å². The molecular weight excluding hydrogens is 418 g/mol. The molecule has 0 atom stereocenters. The average molecular weight is 444 g/mol. The van der Waals surface area contributed by atoms with Gasteiger partial charge in [-0.1, -0.05) is 11.6 Å². The lowest BCUT2D eigenvalue weighted by Gasteiger charge is -2.36. The fourth-order valence-corrected chi connectivity index (χ4v) is 4.40. The van der Waals surface area contributed by atoms with Crippen LogP contribution in [0.2, 0.25) is 0 Å². The van der Waals surface area contributed by atoms with Gasteiger partial charge in [0.2, 0.25) is 5.91 Å². The minimum absolute atomic E-state index is 0.0431. The summed E-state index contributed by atoms with van der Waals surface area (Å²) in [5, 5.41) is 6.01. The van der Waals surface area contributed by atoms with Gasteiger partial charge in [-0.15, -0.1) is 0 Å². The van der Waals surface area contributed by atoms with Crippen molar-refractivity contribution < 1.29 is 9.59 Å². The van der Waals surface area contributed by atoms with Gasteiger partial charge in [-0.25, -0.2) is 4.68 Å². The molecule has 1 amide bonds. The SMILES string of the molecule is CC(=O)c1ccc(N2CCN(C(=O)Cn3ncc4c([nH]c5ccc(C)cc54)c3=O)CC2)cc1. The molecule has 2 aromatic carbocycles. The van der Waals surface area contributed by atoms with Crippen molar-refractivity contribution in [2.45, 2.75) is 20.4 Å². The molecule has 8 nitrogen and oxygen atoms in total. The summed E-state index contributed by atoms with van der Waals surface area (Å²) in [5.41, 5.74) is 3.89. The van der Waals surface area contributed by atoms with E-state index >= 15 is 0 Å². The van der Waals surface area contributed by atoms with Crippen LogP contribution < -0.4 is 10.5 Å². The number of nitrogens with zero attached hydrogens (tertiary/aromatic N) is 4. The number of carbonyl (C=O) groups excluding carboxylic acids is 2. The van der Waals surface area contributed by atoms with Crippen molar-refractivity contribution in [1.82, 2.24) is 19.7 Å². The number of hydrogen-bond acceptors (Lipinski definition) is 5. The van der Waals surface area contributed by atoms with Gasteiger partial charge in [-0.05, 0) is 50.2 Å². The highest BCUT2D eigenvalue weighted by atomic mass is 16.2. The van der Waals surface area contributed by atoms with Crippen LogP contribution >= 0.6 is 0 Å². The largest absolute Gasteiger partial charge is 0.368 e. The number of amides is 1. The fourth-order valence-electron chi connectivity index (χ4n) is 4.40. The summed E-state index contributed by atoms with van der Waals surface area (Å²) in [6, 6.07) is 13.5. The smallest absolute Gasteiger partial charge is 0.291 e. The highest BCUT2D eigenvalue weighted by Crippen LogP contribution is 2.23. The van der Waals surface area contributed by atoms with Crippen LogP contribution in [0.15, 0.2) is 53.5 Å². The highest BCUT2D eigenvalue weighted by molar-refractivity contribution is 6.06. The van der Waals surface area contributed by atoms with Gasteiger partial charge in [0, 0.05) is 53.7 Å². The number of benzene rings is 2. The first-order chi connectivity index (χ1) is 15.9. The third-order valence-corrected chi connectivity index (χ3v) is 6.33. The molecule has 0 spiro atoms. The summed E-state index contributed by atoms with van der Waals surface area (Å²) in [7, 11) is 0. The minimum atomic E-state index is -0.293. The second-order valence-electron chi connectivity index (χ2n) is 8.54. The molecular formula is C25H25N5O3. The number of nitrogens with one attached hydrogen (secondary N) is 1. The molecule has 5 rings (SSSR count). The Morgan fingerprint density at radius 1 is 1.00 bits per heavy atom. The molecule has 4 aromatic rings. The molecule has 0 aliphatic carbocycles. The summed E-state index contributed by atoms with van der Waals surface area (Å²) < 4.78 is 1.24. The first-order valence-electron chi connectivity index (χ1n) is 11.0. The Morgan fingerprint density at radius 2 is 1.73 bits per heavy atom. The molecule has 168 valence electrons. The number of aromatic amines is 1. The van der Waals surface area contributed by atoms with Gasteiger partial charge < -0.3 is 14.8 Å². The van der Waals surface area contributed by atoms with Crippen molar-refractivity contribution in [3.63, 3.8) is 0 Å². The lowest BCUT2D eigenvalue weighted by molar-refractivity contribution is -0.132. The molecule has 2 aromatic heterocycles. The predicted molar refractivity (Wildman–Crippen MR) is 128 cm³/mol. The number of hydrogen-bond donors (Lipinski definition) is 1. The molecule has 1 aliphatic heterocycles. The highest BCUT2D eigenvalue weighted by Gasteiger charge is 2.23. The van der Waals surface area contributed by atoms with Crippen molar-refractivity contribution in [2.75, 3.05) is 31.1 Å². The topological polar surface area (TPSA) is 91.3 Å². The molecule has 1 N–H and O–H groups in total. The number of aryl methyl sites for hydroxylation is 1. The zero-order valence-corrected chi connectivity index (χ0v) is 18.7. The second kappa shape index (κ2) is 8.20. The van der Waals surface area contributed by atoms with E-state index in [1.54, 1.807) is 18.0 Å². The maximum absolute atomic E-state index is 13.0. The van der Waals surface area contributed by atoms with Crippen LogP contribution in [0.5, 0.6) is 0 Å². The molecule has 1 aliphatic rings. The average Bonchev–Trinajstić information content (AvgIpc) is 3.19. The number of piperazine rings is 1. The first kappa shape index (κ1) is 20.9. The third kappa shape index (κ3) is 3.88. The lowest BCUT2D eigenvalue weighted by atomic mass is 10.1. The normalized spacial score (nSPS) is 14.2. The van der Waals surface area contributed by atoms with Crippen LogP contribution in [0.25, 0.3) is 21.8 Å². The van der Waals surface area contributed by atoms with Crippen LogP contribution in [0.4, 0.5) is 5.69 Å². The Hall–Kier alpha value is -3.94. The lowest BCUT2D eigenvalue weighted by Crippen LogP contribution is -2.50. The summed E-state index contributed by atoms with van der Waals surface area (Å²) in [6.07, 6.45) is 1.66. The van der Waals surface area contributed by atoms with E-state index in [1.807, 2.05) is 49.4 Å². The van der Waals surface area contributed by atoms with Crippen LogP contribution in [0.1, 0.15) is 22.8 Å².